The third-order valence-electron chi connectivity index (χ3n) is 3.28. The van der Waals surface area contributed by atoms with Gasteiger partial charge in [0.25, 0.3) is 0 Å². The summed E-state index contributed by atoms with van der Waals surface area (Å²) in [5.41, 5.74) is 1.94. The number of amides is 1. The van der Waals surface area contributed by atoms with E-state index in [1.54, 1.807) is 0 Å². The van der Waals surface area contributed by atoms with Crippen molar-refractivity contribution in [1.82, 2.24) is 20.4 Å². The van der Waals surface area contributed by atoms with Gasteiger partial charge in [-0.3, -0.25) is 9.52 Å². The van der Waals surface area contributed by atoms with Gasteiger partial charge in [0, 0.05) is 18.4 Å². The first-order chi connectivity index (χ1) is 12.8. The van der Waals surface area contributed by atoms with Gasteiger partial charge in [-0.25, -0.2) is 8.42 Å². The minimum absolute atomic E-state index is 0.0763. The maximum Gasteiger partial charge on any atom is 0.247 e. The van der Waals surface area contributed by atoms with Crippen LogP contribution in [-0.2, 0) is 21.2 Å². The normalized spacial score (nSPS) is 11.3. The minimum Gasteiger partial charge on any atom is -0.421 e. The molecule has 0 radical (unpaired) electrons. The Morgan fingerprint density at radius 1 is 1.11 bits per heavy atom. The minimum atomic E-state index is -3.44. The quantitative estimate of drug-likeness (QED) is 0.603. The number of nitrogens with one attached hydrogen (secondary N) is 2. The molecule has 3 aromatic rings. The van der Waals surface area contributed by atoms with Crippen LogP contribution in [0.3, 0.4) is 0 Å². The molecule has 2 aromatic heterocycles. The van der Waals surface area contributed by atoms with Crippen LogP contribution in [0.15, 0.2) is 28.7 Å². The third kappa shape index (κ3) is 5.56. The highest BCUT2D eigenvalue weighted by Crippen LogP contribution is 2.21. The predicted molar refractivity (Wildman–Crippen MR) is 99.8 cm³/mol. The lowest BCUT2D eigenvalue weighted by atomic mass is 10.1. The summed E-state index contributed by atoms with van der Waals surface area (Å²) in [6.07, 6.45) is 1.36. The number of hydrogen-bond donors (Lipinski definition) is 2. The van der Waals surface area contributed by atoms with Crippen molar-refractivity contribution < 1.29 is 17.6 Å². The first kappa shape index (κ1) is 18.9. The first-order valence-corrected chi connectivity index (χ1v) is 10.5. The topological polar surface area (TPSA) is 140 Å². The van der Waals surface area contributed by atoms with Crippen LogP contribution < -0.4 is 10.0 Å². The third-order valence-corrected chi connectivity index (χ3v) is 4.72. The molecule has 3 rings (SSSR count). The smallest absolute Gasteiger partial charge is 0.247 e. The van der Waals surface area contributed by atoms with E-state index in [9.17, 15) is 13.2 Å². The number of rotatable bonds is 7. The molecule has 10 nitrogen and oxygen atoms in total. The van der Waals surface area contributed by atoms with Crippen molar-refractivity contribution in [3.8, 4) is 11.5 Å². The van der Waals surface area contributed by atoms with E-state index in [0.717, 1.165) is 28.7 Å². The number of sulfonamides is 1. The average molecular weight is 408 g/mol. The van der Waals surface area contributed by atoms with Crippen LogP contribution in [0.5, 0.6) is 0 Å². The fourth-order valence-electron chi connectivity index (χ4n) is 2.04. The molecular weight excluding hydrogens is 392 g/mol. The van der Waals surface area contributed by atoms with Gasteiger partial charge in [0.05, 0.1) is 6.26 Å². The number of carbonyl (C=O) groups excluding carboxylic acids is 1. The van der Waals surface area contributed by atoms with Gasteiger partial charge in [-0.1, -0.05) is 29.0 Å². The average Bonchev–Trinajstić information content (AvgIpc) is 3.22. The zero-order valence-electron chi connectivity index (χ0n) is 14.5. The van der Waals surface area contributed by atoms with E-state index in [-0.39, 0.29) is 29.0 Å². The highest BCUT2D eigenvalue weighted by atomic mass is 32.2. The van der Waals surface area contributed by atoms with Crippen LogP contribution in [0.2, 0.25) is 0 Å². The van der Waals surface area contributed by atoms with Gasteiger partial charge >= 0.3 is 0 Å². The van der Waals surface area contributed by atoms with E-state index in [1.807, 2.05) is 31.2 Å². The van der Waals surface area contributed by atoms with Crippen LogP contribution in [0.25, 0.3) is 11.5 Å². The predicted octanol–water partition coefficient (Wildman–Crippen LogP) is 1.84. The summed E-state index contributed by atoms with van der Waals surface area (Å²) >= 11 is 0.916. The highest BCUT2D eigenvalue weighted by Gasteiger charge is 2.13. The van der Waals surface area contributed by atoms with Crippen LogP contribution in [0.1, 0.15) is 17.9 Å². The maximum absolute atomic E-state index is 12.0. The summed E-state index contributed by atoms with van der Waals surface area (Å²) in [5, 5.41) is 18.1. The molecular formula is C15H16N6O4S2. The summed E-state index contributed by atoms with van der Waals surface area (Å²) in [6, 6.07) is 7.66. The van der Waals surface area contributed by atoms with Crippen LogP contribution >= 0.6 is 11.3 Å². The van der Waals surface area contributed by atoms with Crippen LogP contribution in [0, 0.1) is 6.92 Å². The standard InChI is InChI=1S/C15H16N6O4S2/c1-9-3-5-10(6-4-9)13-18-17-12(25-13)8-7-11(22)16-14-19-20-15(26-14)21-27(2,23)24/h3-6H,7-8H2,1-2H3,(H,20,21)(H,16,19,22). The van der Waals surface area contributed by atoms with E-state index in [4.69, 9.17) is 4.42 Å². The van der Waals surface area contributed by atoms with Crippen molar-refractivity contribution in [3.63, 3.8) is 0 Å². The molecule has 0 atom stereocenters. The SMILES string of the molecule is Cc1ccc(-c2nnc(CCC(=O)Nc3nnc(NS(C)(=O)=O)s3)o2)cc1. The van der Waals surface area contributed by atoms with Crippen LogP contribution in [-0.4, -0.2) is 41.0 Å². The van der Waals surface area contributed by atoms with Gasteiger partial charge < -0.3 is 9.73 Å². The molecule has 0 saturated carbocycles. The number of nitrogens with zero attached hydrogens (tertiary/aromatic N) is 4. The van der Waals surface area contributed by atoms with E-state index in [0.29, 0.717) is 11.8 Å². The summed E-state index contributed by atoms with van der Waals surface area (Å²) in [4.78, 5) is 12.0. The molecule has 0 aliphatic carbocycles. The van der Waals surface area contributed by atoms with Crippen molar-refractivity contribution in [2.24, 2.45) is 0 Å². The van der Waals surface area contributed by atoms with Gasteiger partial charge in [0.2, 0.25) is 38.0 Å². The Kier molecular flexibility index (Phi) is 5.46. The Hall–Kier alpha value is -2.86. The molecule has 0 spiro atoms. The van der Waals surface area contributed by atoms with Crippen molar-refractivity contribution in [2.45, 2.75) is 19.8 Å². The first-order valence-electron chi connectivity index (χ1n) is 7.79. The summed E-state index contributed by atoms with van der Waals surface area (Å²) < 4.78 is 30.0. The molecule has 0 fully saturated rings. The van der Waals surface area contributed by atoms with Gasteiger partial charge in [0.1, 0.15) is 0 Å². The number of anilines is 2. The fourth-order valence-corrected chi connectivity index (χ4v) is 3.53. The highest BCUT2D eigenvalue weighted by molar-refractivity contribution is 7.92. The number of aryl methyl sites for hydroxylation is 2. The molecule has 0 bridgehead atoms. The van der Waals surface area contributed by atoms with Gasteiger partial charge in [0.15, 0.2) is 0 Å². The Morgan fingerprint density at radius 2 is 1.81 bits per heavy atom. The second-order valence-electron chi connectivity index (χ2n) is 5.70. The second kappa shape index (κ2) is 7.80. The number of benzene rings is 1. The molecule has 2 heterocycles. The molecule has 2 N–H and O–H groups in total. The van der Waals surface area contributed by atoms with Gasteiger partial charge in [-0.15, -0.1) is 20.4 Å². The number of hydrogen-bond acceptors (Lipinski definition) is 9. The van der Waals surface area contributed by atoms with Crippen molar-refractivity contribution in [3.05, 3.63) is 35.7 Å². The largest absolute Gasteiger partial charge is 0.421 e. The van der Waals surface area contributed by atoms with E-state index >= 15 is 0 Å². The Morgan fingerprint density at radius 3 is 2.52 bits per heavy atom. The zero-order valence-corrected chi connectivity index (χ0v) is 16.1. The summed E-state index contributed by atoms with van der Waals surface area (Å²) in [6.45, 7) is 1.99. The Bertz CT molecular complexity index is 1040. The monoisotopic (exact) mass is 408 g/mol. The lowest BCUT2D eigenvalue weighted by Gasteiger charge is -1.99. The molecule has 27 heavy (non-hydrogen) atoms. The summed E-state index contributed by atoms with van der Waals surface area (Å²) in [7, 11) is -3.44. The lowest BCUT2D eigenvalue weighted by molar-refractivity contribution is -0.116. The lowest BCUT2D eigenvalue weighted by Crippen LogP contribution is -2.12. The number of carbonyl (C=O) groups is 1. The molecule has 0 aliphatic rings. The molecule has 0 saturated heterocycles. The van der Waals surface area contributed by atoms with Gasteiger partial charge in [-0.05, 0) is 19.1 Å². The summed E-state index contributed by atoms with van der Waals surface area (Å²) in [5.74, 6) is 0.413. The Labute approximate surface area is 159 Å². The van der Waals surface area contributed by atoms with E-state index < -0.39 is 10.0 Å². The van der Waals surface area contributed by atoms with Crippen LogP contribution in [0.4, 0.5) is 10.3 Å². The molecule has 1 amide bonds. The molecule has 0 unspecified atom stereocenters. The fraction of sp³-hybridized carbons (Fsp3) is 0.267. The van der Waals surface area contributed by atoms with Gasteiger partial charge in [-0.2, -0.15) is 0 Å². The molecule has 12 heteroatoms. The molecule has 142 valence electrons. The molecule has 0 aliphatic heterocycles. The van der Waals surface area contributed by atoms with E-state index in [2.05, 4.69) is 30.4 Å². The Balaban J connectivity index is 1.53. The van der Waals surface area contributed by atoms with Crippen molar-refractivity contribution in [2.75, 3.05) is 16.3 Å². The zero-order chi connectivity index (χ0) is 19.4. The van der Waals surface area contributed by atoms with E-state index in [1.165, 1.54) is 0 Å². The molecule has 1 aromatic carbocycles. The van der Waals surface area contributed by atoms with Crippen molar-refractivity contribution >= 4 is 37.5 Å². The van der Waals surface area contributed by atoms with Crippen molar-refractivity contribution in [1.29, 1.82) is 0 Å². The maximum atomic E-state index is 12.0. The number of aromatic nitrogens is 4. The second-order valence-corrected chi connectivity index (χ2v) is 8.43.